The third-order valence-corrected chi connectivity index (χ3v) is 4.69. The Hall–Kier alpha value is -0.200. The Morgan fingerprint density at radius 1 is 0.700 bits per heavy atom. The van der Waals surface area contributed by atoms with Gasteiger partial charge in [0.25, 0.3) is 0 Å². The fraction of sp³-hybridized carbons (Fsp3) is 1.00. The summed E-state index contributed by atoms with van der Waals surface area (Å²) in [6, 6.07) is 0. The third-order valence-electron chi connectivity index (χ3n) is 4.69. The molecule has 5 heteroatoms. The summed E-state index contributed by atoms with van der Waals surface area (Å²) in [7, 11) is 2.22. The van der Waals surface area contributed by atoms with E-state index in [1.54, 1.807) is 0 Å². The zero-order valence-corrected chi connectivity index (χ0v) is 13.3. The van der Waals surface area contributed by atoms with Gasteiger partial charge in [0.05, 0.1) is 0 Å². The summed E-state index contributed by atoms with van der Waals surface area (Å²) >= 11 is 0. The number of hydrogen-bond acceptors (Lipinski definition) is 5. The summed E-state index contributed by atoms with van der Waals surface area (Å²) in [5, 5.41) is 0. The summed E-state index contributed by atoms with van der Waals surface area (Å²) in [5.41, 5.74) is 5.61. The van der Waals surface area contributed by atoms with E-state index in [0.29, 0.717) is 0 Å². The maximum absolute atomic E-state index is 5.61. The first-order valence-electron chi connectivity index (χ1n) is 8.33. The summed E-state index contributed by atoms with van der Waals surface area (Å²) in [6.45, 7) is 14.4. The second-order valence-corrected chi connectivity index (χ2v) is 6.32. The Morgan fingerprint density at radius 3 is 1.80 bits per heavy atom. The molecule has 0 saturated carbocycles. The molecule has 2 fully saturated rings. The highest BCUT2D eigenvalue weighted by Gasteiger charge is 2.17. The molecule has 0 unspecified atom stereocenters. The van der Waals surface area contributed by atoms with Crippen molar-refractivity contribution in [2.75, 3.05) is 85.6 Å². The molecule has 2 saturated heterocycles. The van der Waals surface area contributed by atoms with Crippen LogP contribution in [0.4, 0.5) is 0 Å². The van der Waals surface area contributed by atoms with Crippen molar-refractivity contribution in [2.45, 2.75) is 12.8 Å². The Bertz CT molecular complexity index is 253. The number of piperazine rings is 1. The van der Waals surface area contributed by atoms with Gasteiger partial charge in [-0.2, -0.15) is 0 Å². The van der Waals surface area contributed by atoms with E-state index in [4.69, 9.17) is 5.73 Å². The van der Waals surface area contributed by atoms with Crippen molar-refractivity contribution in [3.8, 4) is 0 Å². The van der Waals surface area contributed by atoms with Crippen LogP contribution in [0, 0.1) is 0 Å². The number of rotatable bonds is 6. The van der Waals surface area contributed by atoms with Gasteiger partial charge < -0.3 is 20.4 Å². The molecule has 20 heavy (non-hydrogen) atoms. The van der Waals surface area contributed by atoms with Crippen LogP contribution in [0.1, 0.15) is 12.8 Å². The second-order valence-electron chi connectivity index (χ2n) is 6.32. The lowest BCUT2D eigenvalue weighted by atomic mass is 10.3. The molecule has 0 aromatic carbocycles. The van der Waals surface area contributed by atoms with Crippen molar-refractivity contribution < 1.29 is 0 Å². The van der Waals surface area contributed by atoms with E-state index >= 15 is 0 Å². The SMILES string of the molecule is CN1CCN(CCN2CCCN(CCCN)CC2)CC1. The molecule has 0 bridgehead atoms. The Morgan fingerprint density at radius 2 is 1.20 bits per heavy atom. The minimum Gasteiger partial charge on any atom is -0.330 e. The highest BCUT2D eigenvalue weighted by Crippen LogP contribution is 2.05. The first-order valence-corrected chi connectivity index (χ1v) is 8.33. The number of hydrogen-bond donors (Lipinski definition) is 1. The van der Waals surface area contributed by atoms with Crippen molar-refractivity contribution in [1.29, 1.82) is 0 Å². The van der Waals surface area contributed by atoms with Gasteiger partial charge in [0.15, 0.2) is 0 Å². The van der Waals surface area contributed by atoms with Crippen LogP contribution in [0.3, 0.4) is 0 Å². The Labute approximate surface area is 124 Å². The molecule has 0 radical (unpaired) electrons. The normalized spacial score (nSPS) is 24.9. The van der Waals surface area contributed by atoms with E-state index in [2.05, 4.69) is 26.6 Å². The van der Waals surface area contributed by atoms with Gasteiger partial charge in [0, 0.05) is 52.4 Å². The van der Waals surface area contributed by atoms with Crippen molar-refractivity contribution in [1.82, 2.24) is 19.6 Å². The summed E-state index contributed by atoms with van der Waals surface area (Å²) in [6.07, 6.45) is 2.45. The molecule has 2 aliphatic rings. The molecule has 0 amide bonds. The Kier molecular flexibility index (Phi) is 7.24. The van der Waals surface area contributed by atoms with E-state index in [-0.39, 0.29) is 0 Å². The van der Waals surface area contributed by atoms with Crippen LogP contribution in [0.25, 0.3) is 0 Å². The Balaban J connectivity index is 1.61. The highest BCUT2D eigenvalue weighted by atomic mass is 15.3. The van der Waals surface area contributed by atoms with Crippen LogP contribution >= 0.6 is 0 Å². The molecule has 0 atom stereocenters. The molecule has 0 aromatic rings. The van der Waals surface area contributed by atoms with Crippen LogP contribution in [-0.2, 0) is 0 Å². The summed E-state index contributed by atoms with van der Waals surface area (Å²) < 4.78 is 0. The lowest BCUT2D eigenvalue weighted by Gasteiger charge is -2.33. The predicted molar refractivity (Wildman–Crippen MR) is 85.1 cm³/mol. The maximum Gasteiger partial charge on any atom is 0.0110 e. The molecule has 0 aromatic heterocycles. The molecule has 2 heterocycles. The molecular weight excluding hydrogens is 250 g/mol. The zero-order valence-electron chi connectivity index (χ0n) is 13.3. The molecule has 2 aliphatic heterocycles. The van der Waals surface area contributed by atoms with E-state index < -0.39 is 0 Å². The first kappa shape index (κ1) is 16.2. The minimum absolute atomic E-state index is 0.823. The largest absolute Gasteiger partial charge is 0.330 e. The average molecular weight is 283 g/mol. The second kappa shape index (κ2) is 8.95. The van der Waals surface area contributed by atoms with Crippen LogP contribution < -0.4 is 5.73 Å². The van der Waals surface area contributed by atoms with Gasteiger partial charge >= 0.3 is 0 Å². The van der Waals surface area contributed by atoms with Crippen LogP contribution in [-0.4, -0.2) is 105 Å². The fourth-order valence-corrected chi connectivity index (χ4v) is 3.14. The summed E-state index contributed by atoms with van der Waals surface area (Å²) in [5.74, 6) is 0. The van der Waals surface area contributed by atoms with Gasteiger partial charge in [0.1, 0.15) is 0 Å². The van der Waals surface area contributed by atoms with Gasteiger partial charge in [0.2, 0.25) is 0 Å². The van der Waals surface area contributed by atoms with Crippen LogP contribution in [0.15, 0.2) is 0 Å². The molecule has 2 rings (SSSR count). The maximum atomic E-state index is 5.61. The van der Waals surface area contributed by atoms with Crippen molar-refractivity contribution in [3.63, 3.8) is 0 Å². The van der Waals surface area contributed by atoms with Gasteiger partial charge in [-0.3, -0.25) is 4.90 Å². The van der Waals surface area contributed by atoms with Crippen molar-refractivity contribution in [3.05, 3.63) is 0 Å². The highest BCUT2D eigenvalue weighted by molar-refractivity contribution is 4.74. The van der Waals surface area contributed by atoms with E-state index in [0.717, 1.165) is 13.0 Å². The predicted octanol–water partition coefficient (Wildman–Crippen LogP) is -0.410. The van der Waals surface area contributed by atoms with Gasteiger partial charge in [-0.15, -0.1) is 0 Å². The molecule has 118 valence electrons. The van der Waals surface area contributed by atoms with E-state index in [1.165, 1.54) is 78.4 Å². The molecule has 2 N–H and O–H groups in total. The number of nitrogens with zero attached hydrogens (tertiary/aromatic N) is 4. The van der Waals surface area contributed by atoms with Gasteiger partial charge in [-0.25, -0.2) is 0 Å². The third kappa shape index (κ3) is 5.66. The van der Waals surface area contributed by atoms with Gasteiger partial charge in [-0.1, -0.05) is 0 Å². The van der Waals surface area contributed by atoms with Crippen LogP contribution in [0.2, 0.25) is 0 Å². The van der Waals surface area contributed by atoms with Crippen molar-refractivity contribution >= 4 is 0 Å². The topological polar surface area (TPSA) is 39.0 Å². The number of likely N-dealkylation sites (N-methyl/N-ethyl adjacent to an activating group) is 1. The molecule has 5 nitrogen and oxygen atoms in total. The first-order chi connectivity index (χ1) is 9.78. The van der Waals surface area contributed by atoms with E-state index in [9.17, 15) is 0 Å². The standard InChI is InChI=1S/C15H33N5/c1-17-8-10-20(11-9-17)15-14-19-7-3-6-18(12-13-19)5-2-4-16/h2-16H2,1H3. The minimum atomic E-state index is 0.823. The lowest BCUT2D eigenvalue weighted by molar-refractivity contribution is 0.135. The average Bonchev–Trinajstić information content (AvgIpc) is 2.70. The van der Waals surface area contributed by atoms with E-state index in [1.807, 2.05) is 0 Å². The molecule has 0 spiro atoms. The summed E-state index contributed by atoms with van der Waals surface area (Å²) in [4.78, 5) is 10.3. The number of nitrogens with two attached hydrogens (primary N) is 1. The molecular formula is C15H33N5. The smallest absolute Gasteiger partial charge is 0.0110 e. The monoisotopic (exact) mass is 283 g/mol. The molecule has 0 aliphatic carbocycles. The fourth-order valence-electron chi connectivity index (χ4n) is 3.14. The van der Waals surface area contributed by atoms with Gasteiger partial charge in [-0.05, 0) is 46.1 Å². The quantitative estimate of drug-likeness (QED) is 0.717. The lowest BCUT2D eigenvalue weighted by Crippen LogP contribution is -2.47. The van der Waals surface area contributed by atoms with Crippen LogP contribution in [0.5, 0.6) is 0 Å². The van der Waals surface area contributed by atoms with Crippen molar-refractivity contribution in [2.24, 2.45) is 5.73 Å². The zero-order chi connectivity index (χ0) is 14.2.